The molecule has 8 atom stereocenters. The standard InChI is InChI=1S/C17H28O4/c1-5-14-11(3)13-7-6-10(2)12-8-9-16(4)19-15(18-14)17(12,13)21-20-16/h10-15H,5-9H2,1-4H3/t10-,11-,12?,13+,14?,15-,16+,17-/m1/s1. The minimum Gasteiger partial charge on any atom is -0.346 e. The average molecular weight is 296 g/mol. The maximum Gasteiger partial charge on any atom is 0.201 e. The van der Waals surface area contributed by atoms with E-state index in [1.54, 1.807) is 0 Å². The van der Waals surface area contributed by atoms with Crippen LogP contribution in [0.5, 0.6) is 0 Å². The predicted molar refractivity (Wildman–Crippen MR) is 77.1 cm³/mol. The number of ether oxygens (including phenoxy) is 2. The van der Waals surface area contributed by atoms with Gasteiger partial charge in [-0.3, -0.25) is 0 Å². The van der Waals surface area contributed by atoms with Gasteiger partial charge in [-0.25, -0.2) is 9.78 Å². The molecule has 0 N–H and O–H groups in total. The highest BCUT2D eigenvalue weighted by molar-refractivity contribution is 5.09. The molecule has 1 saturated carbocycles. The second-order valence-corrected chi connectivity index (χ2v) is 7.85. The molecule has 5 aliphatic rings. The summed E-state index contributed by atoms with van der Waals surface area (Å²) in [6.07, 6.45) is 5.51. The molecule has 1 spiro atoms. The van der Waals surface area contributed by atoms with Crippen molar-refractivity contribution in [2.45, 2.75) is 83.6 Å². The fourth-order valence-electron chi connectivity index (χ4n) is 5.45. The first-order valence-corrected chi connectivity index (χ1v) is 8.70. The average Bonchev–Trinajstić information content (AvgIpc) is 2.69. The first kappa shape index (κ1) is 14.4. The molecule has 5 rings (SSSR count). The molecule has 5 fully saturated rings. The van der Waals surface area contributed by atoms with Crippen LogP contribution in [0.4, 0.5) is 0 Å². The molecule has 2 bridgehead atoms. The Hall–Kier alpha value is -0.160. The topological polar surface area (TPSA) is 36.9 Å². The lowest BCUT2D eigenvalue weighted by Crippen LogP contribution is -2.70. The highest BCUT2D eigenvalue weighted by Crippen LogP contribution is 2.60. The molecule has 4 aliphatic heterocycles. The van der Waals surface area contributed by atoms with Crippen molar-refractivity contribution < 1.29 is 19.2 Å². The van der Waals surface area contributed by atoms with E-state index in [4.69, 9.17) is 19.2 Å². The molecule has 0 aromatic heterocycles. The highest BCUT2D eigenvalue weighted by atomic mass is 17.3. The predicted octanol–water partition coefficient (Wildman–Crippen LogP) is 3.65. The maximum absolute atomic E-state index is 6.38. The first-order valence-electron chi connectivity index (χ1n) is 8.70. The van der Waals surface area contributed by atoms with Crippen LogP contribution < -0.4 is 0 Å². The lowest BCUT2D eigenvalue weighted by molar-refractivity contribution is -0.571. The van der Waals surface area contributed by atoms with Crippen LogP contribution in [0.25, 0.3) is 0 Å². The summed E-state index contributed by atoms with van der Waals surface area (Å²) in [5.74, 6) is 1.45. The molecular weight excluding hydrogens is 268 g/mol. The van der Waals surface area contributed by atoms with Crippen molar-refractivity contribution in [1.29, 1.82) is 0 Å². The number of hydrogen-bond donors (Lipinski definition) is 0. The van der Waals surface area contributed by atoms with Crippen molar-refractivity contribution in [3.63, 3.8) is 0 Å². The summed E-state index contributed by atoms with van der Waals surface area (Å²) in [4.78, 5) is 11.9. The Morgan fingerprint density at radius 1 is 1.05 bits per heavy atom. The van der Waals surface area contributed by atoms with Crippen molar-refractivity contribution >= 4 is 0 Å². The summed E-state index contributed by atoms with van der Waals surface area (Å²) < 4.78 is 12.7. The molecule has 2 unspecified atom stereocenters. The van der Waals surface area contributed by atoms with E-state index in [-0.39, 0.29) is 12.4 Å². The third-order valence-electron chi connectivity index (χ3n) is 6.70. The Bertz CT molecular complexity index is 427. The minimum absolute atomic E-state index is 0.266. The van der Waals surface area contributed by atoms with Crippen LogP contribution in [0.15, 0.2) is 0 Å². The Balaban J connectivity index is 1.79. The SMILES string of the molecule is CCC1O[C@@H]2O[C@]3(C)CCC4[C@H](C)CC[C@@H]([C@H]1C)[C@]42OO3. The van der Waals surface area contributed by atoms with Crippen LogP contribution in [-0.2, 0) is 19.2 Å². The Morgan fingerprint density at radius 2 is 1.86 bits per heavy atom. The molecule has 0 aromatic rings. The van der Waals surface area contributed by atoms with Gasteiger partial charge in [0.1, 0.15) is 0 Å². The van der Waals surface area contributed by atoms with Crippen LogP contribution >= 0.6 is 0 Å². The van der Waals surface area contributed by atoms with E-state index in [9.17, 15) is 0 Å². The van der Waals surface area contributed by atoms with Crippen LogP contribution in [-0.4, -0.2) is 23.8 Å². The molecule has 4 nitrogen and oxygen atoms in total. The Kier molecular flexibility index (Phi) is 3.21. The number of fused-ring (bicyclic) bond motifs is 2. The molecule has 4 saturated heterocycles. The van der Waals surface area contributed by atoms with Crippen molar-refractivity contribution in [3.8, 4) is 0 Å². The third-order valence-corrected chi connectivity index (χ3v) is 6.70. The first-order chi connectivity index (χ1) is 10.00. The quantitative estimate of drug-likeness (QED) is 0.692. The van der Waals surface area contributed by atoms with Crippen molar-refractivity contribution in [3.05, 3.63) is 0 Å². The monoisotopic (exact) mass is 296 g/mol. The van der Waals surface area contributed by atoms with Crippen molar-refractivity contribution in [1.82, 2.24) is 0 Å². The van der Waals surface area contributed by atoms with Gasteiger partial charge >= 0.3 is 0 Å². The fourth-order valence-corrected chi connectivity index (χ4v) is 5.45. The van der Waals surface area contributed by atoms with E-state index < -0.39 is 11.4 Å². The molecule has 21 heavy (non-hydrogen) atoms. The van der Waals surface area contributed by atoms with E-state index in [2.05, 4.69) is 20.8 Å². The second-order valence-electron chi connectivity index (χ2n) is 7.85. The number of rotatable bonds is 1. The molecule has 4 heteroatoms. The van der Waals surface area contributed by atoms with E-state index in [1.807, 2.05) is 6.92 Å². The van der Waals surface area contributed by atoms with Crippen LogP contribution in [0.1, 0.15) is 59.8 Å². The zero-order chi connectivity index (χ0) is 14.8. The zero-order valence-corrected chi connectivity index (χ0v) is 13.6. The normalized spacial score (nSPS) is 59.4. The Labute approximate surface area is 127 Å². The maximum atomic E-state index is 6.38. The summed E-state index contributed by atoms with van der Waals surface area (Å²) in [6.45, 7) is 8.86. The fraction of sp³-hybridized carbons (Fsp3) is 1.00. The van der Waals surface area contributed by atoms with Crippen LogP contribution in [0, 0.1) is 23.7 Å². The summed E-state index contributed by atoms with van der Waals surface area (Å²) in [6, 6.07) is 0. The summed E-state index contributed by atoms with van der Waals surface area (Å²) >= 11 is 0. The minimum atomic E-state index is -0.642. The van der Waals surface area contributed by atoms with E-state index >= 15 is 0 Å². The van der Waals surface area contributed by atoms with Gasteiger partial charge in [-0.2, -0.15) is 0 Å². The van der Waals surface area contributed by atoms with E-state index in [0.717, 1.165) is 19.3 Å². The summed E-state index contributed by atoms with van der Waals surface area (Å²) in [5, 5.41) is 0. The summed E-state index contributed by atoms with van der Waals surface area (Å²) in [7, 11) is 0. The Morgan fingerprint density at radius 3 is 2.62 bits per heavy atom. The van der Waals surface area contributed by atoms with Crippen LogP contribution in [0.3, 0.4) is 0 Å². The molecule has 0 amide bonds. The van der Waals surface area contributed by atoms with Crippen LogP contribution in [0.2, 0.25) is 0 Å². The summed E-state index contributed by atoms with van der Waals surface area (Å²) in [5.41, 5.74) is -0.390. The molecule has 0 aromatic carbocycles. The van der Waals surface area contributed by atoms with Crippen molar-refractivity contribution in [2.75, 3.05) is 0 Å². The number of hydrogen-bond acceptors (Lipinski definition) is 4. The molecule has 4 heterocycles. The van der Waals surface area contributed by atoms with E-state index in [0.29, 0.717) is 23.7 Å². The molecule has 1 aliphatic carbocycles. The van der Waals surface area contributed by atoms with Gasteiger partial charge in [0.25, 0.3) is 0 Å². The van der Waals surface area contributed by atoms with Gasteiger partial charge in [0.05, 0.1) is 6.10 Å². The lowest BCUT2D eigenvalue weighted by atomic mass is 9.57. The van der Waals surface area contributed by atoms with Gasteiger partial charge in [-0.05, 0) is 50.4 Å². The molecule has 120 valence electrons. The van der Waals surface area contributed by atoms with Gasteiger partial charge in [-0.1, -0.05) is 20.8 Å². The van der Waals surface area contributed by atoms with Crippen molar-refractivity contribution in [2.24, 2.45) is 23.7 Å². The smallest absolute Gasteiger partial charge is 0.201 e. The second kappa shape index (κ2) is 4.67. The van der Waals surface area contributed by atoms with Gasteiger partial charge in [0, 0.05) is 12.3 Å². The molecular formula is C17H28O4. The molecule has 0 radical (unpaired) electrons. The van der Waals surface area contributed by atoms with Gasteiger partial charge in [-0.15, -0.1) is 0 Å². The largest absolute Gasteiger partial charge is 0.346 e. The zero-order valence-electron chi connectivity index (χ0n) is 13.6. The third kappa shape index (κ3) is 1.82. The highest BCUT2D eigenvalue weighted by Gasteiger charge is 2.69. The van der Waals surface area contributed by atoms with Gasteiger partial charge in [0.2, 0.25) is 5.79 Å². The van der Waals surface area contributed by atoms with Gasteiger partial charge < -0.3 is 9.47 Å². The van der Waals surface area contributed by atoms with E-state index in [1.165, 1.54) is 12.8 Å². The van der Waals surface area contributed by atoms with Gasteiger partial charge in [0.15, 0.2) is 11.9 Å². The lowest BCUT2D eigenvalue weighted by Gasteiger charge is -2.60.